The predicted molar refractivity (Wildman–Crippen MR) is 91.5 cm³/mol. The van der Waals surface area contributed by atoms with Crippen LogP contribution < -0.4 is 11.1 Å². The summed E-state index contributed by atoms with van der Waals surface area (Å²) in [5.74, 6) is 4.80. The molecule has 3 atom stereocenters. The van der Waals surface area contributed by atoms with E-state index in [0.717, 1.165) is 36.1 Å². The first-order valence-electron chi connectivity index (χ1n) is 7.82. The molecular formula is C17H16N4O2S. The van der Waals surface area contributed by atoms with Crippen LogP contribution in [0.2, 0.25) is 0 Å². The van der Waals surface area contributed by atoms with Gasteiger partial charge >= 0.3 is 0 Å². The van der Waals surface area contributed by atoms with Crippen LogP contribution in [0.15, 0.2) is 17.6 Å². The zero-order valence-corrected chi connectivity index (χ0v) is 13.7. The number of hydrogen-bond acceptors (Lipinski definition) is 5. The van der Waals surface area contributed by atoms with Crippen molar-refractivity contribution in [2.45, 2.75) is 12.5 Å². The first-order chi connectivity index (χ1) is 11.6. The minimum absolute atomic E-state index is 0.157. The predicted octanol–water partition coefficient (Wildman–Crippen LogP) is 0.567. The van der Waals surface area contributed by atoms with Crippen LogP contribution in [0.5, 0.6) is 0 Å². The highest BCUT2D eigenvalue weighted by atomic mass is 32.1. The summed E-state index contributed by atoms with van der Waals surface area (Å²) in [5, 5.41) is 5.77. The van der Waals surface area contributed by atoms with Gasteiger partial charge in [0.05, 0.1) is 4.70 Å². The third kappa shape index (κ3) is 2.75. The number of hydrogen-bond donors (Lipinski definition) is 2. The Labute approximate surface area is 143 Å². The van der Waals surface area contributed by atoms with E-state index in [2.05, 4.69) is 27.0 Å². The SMILES string of the molecule is NC(=O)C#Cc1csc2cnc(C(=O)NC3CN4CCC3C4)cc12. The maximum atomic E-state index is 12.5. The quantitative estimate of drug-likeness (QED) is 0.782. The Hall–Kier alpha value is -2.43. The van der Waals surface area contributed by atoms with Crippen LogP contribution in [0.25, 0.3) is 10.1 Å². The summed E-state index contributed by atoms with van der Waals surface area (Å²) in [6.07, 6.45) is 2.82. The molecule has 4 heterocycles. The van der Waals surface area contributed by atoms with E-state index < -0.39 is 5.91 Å². The molecule has 6 nitrogen and oxygen atoms in total. The lowest BCUT2D eigenvalue weighted by atomic mass is 10.00. The lowest BCUT2D eigenvalue weighted by Crippen LogP contribution is -2.43. The van der Waals surface area contributed by atoms with Gasteiger partial charge in [-0.1, -0.05) is 5.92 Å². The molecule has 3 N–H and O–H groups in total. The molecule has 2 aliphatic rings. The molecule has 24 heavy (non-hydrogen) atoms. The van der Waals surface area contributed by atoms with E-state index in [0.29, 0.717) is 17.2 Å². The van der Waals surface area contributed by atoms with Crippen molar-refractivity contribution in [3.8, 4) is 11.8 Å². The lowest BCUT2D eigenvalue weighted by molar-refractivity contribution is -0.112. The number of piperidine rings is 1. The monoisotopic (exact) mass is 340 g/mol. The molecule has 2 bridgehead atoms. The second-order valence-corrected chi connectivity index (χ2v) is 7.13. The fourth-order valence-corrected chi connectivity index (χ4v) is 4.31. The summed E-state index contributed by atoms with van der Waals surface area (Å²) >= 11 is 1.47. The first-order valence-corrected chi connectivity index (χ1v) is 8.70. The van der Waals surface area contributed by atoms with Gasteiger partial charge in [0.2, 0.25) is 0 Å². The molecule has 2 amide bonds. The summed E-state index contributed by atoms with van der Waals surface area (Å²) in [7, 11) is 0. The number of primary amides is 1. The second-order valence-electron chi connectivity index (χ2n) is 6.22. The molecule has 0 spiro atoms. The number of amides is 2. The van der Waals surface area contributed by atoms with Gasteiger partial charge in [-0.3, -0.25) is 9.59 Å². The molecule has 4 rings (SSSR count). The fourth-order valence-electron chi connectivity index (χ4n) is 3.47. The maximum Gasteiger partial charge on any atom is 0.293 e. The molecular weight excluding hydrogens is 324 g/mol. The topological polar surface area (TPSA) is 88.3 Å². The van der Waals surface area contributed by atoms with E-state index in [4.69, 9.17) is 5.73 Å². The fraction of sp³-hybridized carbons (Fsp3) is 0.353. The van der Waals surface area contributed by atoms with Crippen molar-refractivity contribution in [3.05, 3.63) is 28.9 Å². The van der Waals surface area contributed by atoms with Gasteiger partial charge in [-0.05, 0) is 24.9 Å². The van der Waals surface area contributed by atoms with E-state index in [-0.39, 0.29) is 11.9 Å². The van der Waals surface area contributed by atoms with Crippen LogP contribution in [0, 0.1) is 17.8 Å². The van der Waals surface area contributed by atoms with Crippen molar-refractivity contribution < 1.29 is 9.59 Å². The number of fused-ring (bicyclic) bond motifs is 3. The third-order valence-corrected chi connectivity index (χ3v) is 5.60. The van der Waals surface area contributed by atoms with Crippen LogP contribution in [-0.2, 0) is 4.79 Å². The van der Waals surface area contributed by atoms with E-state index >= 15 is 0 Å². The standard InChI is InChI=1S/C17H16N4O2S/c18-16(22)2-1-11-9-24-15-6-19-13(5-12(11)15)17(23)20-14-8-21-4-3-10(14)7-21/h5-6,9-10,14H,3-4,7-8H2,(H2,18,22)(H,20,23). The number of nitrogens with zero attached hydrogens (tertiary/aromatic N) is 2. The zero-order valence-electron chi connectivity index (χ0n) is 12.9. The van der Waals surface area contributed by atoms with E-state index in [9.17, 15) is 9.59 Å². The number of nitrogens with one attached hydrogen (secondary N) is 1. The molecule has 2 aromatic heterocycles. The molecule has 0 aliphatic carbocycles. The lowest BCUT2D eigenvalue weighted by Gasteiger charge is -2.22. The number of carbonyl (C=O) groups is 2. The van der Waals surface area contributed by atoms with E-state index in [1.807, 2.05) is 5.38 Å². The number of pyridine rings is 1. The van der Waals surface area contributed by atoms with Crippen LogP contribution in [0.1, 0.15) is 22.5 Å². The average Bonchev–Trinajstić information content (AvgIpc) is 3.27. The minimum Gasteiger partial charge on any atom is -0.359 e. The number of rotatable bonds is 2. The van der Waals surface area contributed by atoms with Crippen molar-refractivity contribution in [1.82, 2.24) is 15.2 Å². The van der Waals surface area contributed by atoms with Crippen LogP contribution in [0.4, 0.5) is 0 Å². The van der Waals surface area contributed by atoms with Gasteiger partial charge < -0.3 is 16.0 Å². The van der Waals surface area contributed by atoms with Crippen molar-refractivity contribution in [2.24, 2.45) is 11.7 Å². The molecule has 3 unspecified atom stereocenters. The molecule has 2 aliphatic heterocycles. The highest BCUT2D eigenvalue weighted by molar-refractivity contribution is 7.17. The number of nitrogens with two attached hydrogens (primary N) is 1. The van der Waals surface area contributed by atoms with Gasteiger partial charge in [-0.2, -0.15) is 0 Å². The highest BCUT2D eigenvalue weighted by Crippen LogP contribution is 2.28. The summed E-state index contributed by atoms with van der Waals surface area (Å²) in [5.41, 5.74) is 6.13. The largest absolute Gasteiger partial charge is 0.359 e. The third-order valence-electron chi connectivity index (χ3n) is 4.66. The van der Waals surface area contributed by atoms with Crippen molar-refractivity contribution >= 4 is 33.2 Å². The Balaban J connectivity index is 1.58. The van der Waals surface area contributed by atoms with Gasteiger partial charge in [0.1, 0.15) is 5.69 Å². The molecule has 2 aromatic rings. The van der Waals surface area contributed by atoms with Crippen molar-refractivity contribution in [1.29, 1.82) is 0 Å². The number of thiophene rings is 1. The van der Waals surface area contributed by atoms with Crippen LogP contribution >= 0.6 is 11.3 Å². The van der Waals surface area contributed by atoms with Crippen molar-refractivity contribution in [2.75, 3.05) is 19.6 Å². The smallest absolute Gasteiger partial charge is 0.293 e. The summed E-state index contributed by atoms with van der Waals surface area (Å²) in [6, 6.07) is 1.94. The van der Waals surface area contributed by atoms with Gasteiger partial charge in [-0.25, -0.2) is 4.98 Å². The number of carbonyl (C=O) groups excluding carboxylic acids is 2. The summed E-state index contributed by atoms with van der Waals surface area (Å²) < 4.78 is 0.923. The molecule has 122 valence electrons. The Morgan fingerprint density at radius 1 is 1.42 bits per heavy atom. The van der Waals surface area contributed by atoms with Gasteiger partial charge in [0.25, 0.3) is 11.8 Å². The van der Waals surface area contributed by atoms with Crippen molar-refractivity contribution in [3.63, 3.8) is 0 Å². The summed E-state index contributed by atoms with van der Waals surface area (Å²) in [6.45, 7) is 3.14. The Morgan fingerprint density at radius 3 is 3.00 bits per heavy atom. The number of aromatic nitrogens is 1. The molecule has 2 saturated heterocycles. The Kier molecular flexibility index (Phi) is 3.71. The van der Waals surface area contributed by atoms with Crippen LogP contribution in [0.3, 0.4) is 0 Å². The molecule has 7 heteroatoms. The summed E-state index contributed by atoms with van der Waals surface area (Å²) in [4.78, 5) is 30.0. The van der Waals surface area contributed by atoms with Gasteiger partial charge in [0, 0.05) is 47.6 Å². The molecule has 0 radical (unpaired) electrons. The average molecular weight is 340 g/mol. The maximum absolute atomic E-state index is 12.5. The molecule has 0 aromatic carbocycles. The van der Waals surface area contributed by atoms with E-state index in [1.165, 1.54) is 11.3 Å². The van der Waals surface area contributed by atoms with Crippen LogP contribution in [-0.4, -0.2) is 47.4 Å². The first kappa shape index (κ1) is 15.1. The highest BCUT2D eigenvalue weighted by Gasteiger charge is 2.38. The van der Waals surface area contributed by atoms with Gasteiger partial charge in [0.15, 0.2) is 0 Å². The van der Waals surface area contributed by atoms with E-state index in [1.54, 1.807) is 12.3 Å². The minimum atomic E-state index is -0.673. The zero-order chi connectivity index (χ0) is 16.7. The molecule has 2 fully saturated rings. The Bertz CT molecular complexity index is 895. The normalized spacial score (nSPS) is 24.6. The van der Waals surface area contributed by atoms with Gasteiger partial charge in [-0.15, -0.1) is 11.3 Å². The molecule has 0 saturated carbocycles. The second kappa shape index (κ2) is 5.89. The Morgan fingerprint density at radius 2 is 2.29 bits per heavy atom.